The average molecular weight is 227 g/mol. The van der Waals surface area contributed by atoms with Crippen LogP contribution in [0.25, 0.3) is 10.9 Å². The summed E-state index contributed by atoms with van der Waals surface area (Å²) in [6, 6.07) is 7.85. The largest absolute Gasteiger partial charge is 0.369 e. The summed E-state index contributed by atoms with van der Waals surface area (Å²) in [5.41, 5.74) is 13.4. The zero-order valence-corrected chi connectivity index (χ0v) is 9.46. The maximum atomic E-state index is 5.21. The van der Waals surface area contributed by atoms with Gasteiger partial charge in [-0.1, -0.05) is 12.1 Å². The molecule has 2 rings (SSSR count). The molecule has 1 heterocycles. The first-order valence-electron chi connectivity index (χ1n) is 5.15. The Labute approximate surface area is 98.9 Å². The molecule has 0 atom stereocenters. The highest BCUT2D eigenvalue weighted by Gasteiger charge is 2.02. The molecule has 0 aliphatic carbocycles. The standard InChI is InChI=1S/C12H13N5/c1-8-4-5-11-9(3-2-6-15-11)10(8)7-16-17-12(13)14/h2-7H,1H3,(H4,13,14,17). The van der Waals surface area contributed by atoms with E-state index in [0.29, 0.717) is 0 Å². The van der Waals surface area contributed by atoms with Crippen molar-refractivity contribution in [2.75, 3.05) is 0 Å². The third-order valence-corrected chi connectivity index (χ3v) is 2.40. The number of hydrogen-bond donors (Lipinski definition) is 2. The van der Waals surface area contributed by atoms with Gasteiger partial charge >= 0.3 is 0 Å². The SMILES string of the molecule is Cc1ccc2ncccc2c1C=NN=C(N)N. The molecule has 17 heavy (non-hydrogen) atoms. The summed E-state index contributed by atoms with van der Waals surface area (Å²) >= 11 is 0. The van der Waals surface area contributed by atoms with Crippen LogP contribution in [0.1, 0.15) is 11.1 Å². The molecule has 0 saturated heterocycles. The highest BCUT2D eigenvalue weighted by molar-refractivity contribution is 5.99. The Morgan fingerprint density at radius 1 is 1.29 bits per heavy atom. The summed E-state index contributed by atoms with van der Waals surface area (Å²) in [6.45, 7) is 2.00. The molecule has 1 aromatic carbocycles. The van der Waals surface area contributed by atoms with Gasteiger partial charge in [0.1, 0.15) is 0 Å². The second-order valence-electron chi connectivity index (χ2n) is 3.64. The fourth-order valence-electron chi connectivity index (χ4n) is 1.61. The van der Waals surface area contributed by atoms with Crippen molar-refractivity contribution in [3.63, 3.8) is 0 Å². The van der Waals surface area contributed by atoms with Crippen LogP contribution in [0.15, 0.2) is 40.7 Å². The fourth-order valence-corrected chi connectivity index (χ4v) is 1.61. The van der Waals surface area contributed by atoms with Crippen LogP contribution < -0.4 is 11.5 Å². The van der Waals surface area contributed by atoms with Gasteiger partial charge in [0, 0.05) is 17.1 Å². The highest BCUT2D eigenvalue weighted by Crippen LogP contribution is 2.18. The Hall–Kier alpha value is -2.43. The van der Waals surface area contributed by atoms with E-state index in [-0.39, 0.29) is 5.96 Å². The number of nitrogens with zero attached hydrogens (tertiary/aromatic N) is 3. The maximum absolute atomic E-state index is 5.21. The molecule has 5 nitrogen and oxygen atoms in total. The monoisotopic (exact) mass is 227 g/mol. The lowest BCUT2D eigenvalue weighted by Crippen LogP contribution is -2.21. The second-order valence-corrected chi connectivity index (χ2v) is 3.64. The van der Waals surface area contributed by atoms with E-state index < -0.39 is 0 Å². The molecule has 0 saturated carbocycles. The van der Waals surface area contributed by atoms with Crippen LogP contribution in [0.5, 0.6) is 0 Å². The van der Waals surface area contributed by atoms with Crippen molar-refractivity contribution in [3.8, 4) is 0 Å². The first-order chi connectivity index (χ1) is 8.18. The van der Waals surface area contributed by atoms with Crippen LogP contribution in [0.2, 0.25) is 0 Å². The molecule has 86 valence electrons. The van der Waals surface area contributed by atoms with Gasteiger partial charge in [0.25, 0.3) is 0 Å². The lowest BCUT2D eigenvalue weighted by atomic mass is 10.0. The number of pyridine rings is 1. The Balaban J connectivity index is 2.55. The number of aromatic nitrogens is 1. The van der Waals surface area contributed by atoms with E-state index in [1.165, 1.54) is 0 Å². The van der Waals surface area contributed by atoms with Gasteiger partial charge in [-0.2, -0.15) is 5.10 Å². The van der Waals surface area contributed by atoms with E-state index in [1.54, 1.807) is 12.4 Å². The molecule has 4 N–H and O–H groups in total. The predicted octanol–water partition coefficient (Wildman–Crippen LogP) is 1.15. The van der Waals surface area contributed by atoms with Crippen molar-refractivity contribution < 1.29 is 0 Å². The zero-order valence-electron chi connectivity index (χ0n) is 9.46. The van der Waals surface area contributed by atoms with Gasteiger partial charge in [-0.25, -0.2) is 0 Å². The minimum Gasteiger partial charge on any atom is -0.369 e. The van der Waals surface area contributed by atoms with Crippen LogP contribution in [0, 0.1) is 6.92 Å². The summed E-state index contributed by atoms with van der Waals surface area (Å²) in [4.78, 5) is 4.28. The first-order valence-corrected chi connectivity index (χ1v) is 5.15. The van der Waals surface area contributed by atoms with E-state index in [4.69, 9.17) is 11.5 Å². The van der Waals surface area contributed by atoms with Gasteiger partial charge < -0.3 is 11.5 Å². The van der Waals surface area contributed by atoms with Crippen molar-refractivity contribution >= 4 is 23.1 Å². The number of rotatable bonds is 2. The number of fused-ring (bicyclic) bond motifs is 1. The summed E-state index contributed by atoms with van der Waals surface area (Å²) < 4.78 is 0. The zero-order chi connectivity index (χ0) is 12.3. The Bertz CT molecular complexity index is 597. The van der Waals surface area contributed by atoms with Crippen LogP contribution in [-0.2, 0) is 0 Å². The van der Waals surface area contributed by atoms with E-state index in [0.717, 1.165) is 22.0 Å². The Morgan fingerprint density at radius 2 is 2.12 bits per heavy atom. The number of aryl methyl sites for hydroxylation is 1. The summed E-state index contributed by atoms with van der Waals surface area (Å²) in [6.07, 6.45) is 3.40. The van der Waals surface area contributed by atoms with Gasteiger partial charge in [-0.05, 0) is 24.6 Å². The molecule has 0 unspecified atom stereocenters. The lowest BCUT2D eigenvalue weighted by Gasteiger charge is -2.04. The molecule has 2 aromatic rings. The summed E-state index contributed by atoms with van der Waals surface area (Å²) in [7, 11) is 0. The van der Waals surface area contributed by atoms with Crippen LogP contribution in [0.3, 0.4) is 0 Å². The smallest absolute Gasteiger partial charge is 0.211 e. The van der Waals surface area contributed by atoms with E-state index in [2.05, 4.69) is 15.2 Å². The molecule has 0 amide bonds. The molecule has 0 radical (unpaired) electrons. The molecule has 5 heteroatoms. The van der Waals surface area contributed by atoms with E-state index in [1.807, 2.05) is 31.2 Å². The minimum absolute atomic E-state index is 0.0581. The molecule has 0 spiro atoms. The quantitative estimate of drug-likeness (QED) is 0.458. The number of benzene rings is 1. The highest BCUT2D eigenvalue weighted by atomic mass is 15.3. The Morgan fingerprint density at radius 3 is 2.88 bits per heavy atom. The van der Waals surface area contributed by atoms with Crippen LogP contribution in [-0.4, -0.2) is 17.2 Å². The van der Waals surface area contributed by atoms with Crippen molar-refractivity contribution in [2.24, 2.45) is 21.7 Å². The van der Waals surface area contributed by atoms with Crippen molar-refractivity contribution in [3.05, 3.63) is 41.6 Å². The molecule has 0 aliphatic rings. The fraction of sp³-hybridized carbons (Fsp3) is 0.0833. The topological polar surface area (TPSA) is 89.6 Å². The van der Waals surface area contributed by atoms with Gasteiger partial charge in [0.2, 0.25) is 5.96 Å². The molecular weight excluding hydrogens is 214 g/mol. The first kappa shape index (κ1) is 11.1. The van der Waals surface area contributed by atoms with Crippen molar-refractivity contribution in [1.82, 2.24) is 4.98 Å². The molecule has 1 aromatic heterocycles. The van der Waals surface area contributed by atoms with Gasteiger partial charge in [-0.15, -0.1) is 5.10 Å². The Kier molecular flexibility index (Phi) is 3.00. The van der Waals surface area contributed by atoms with E-state index >= 15 is 0 Å². The molecule has 0 fully saturated rings. The van der Waals surface area contributed by atoms with Crippen LogP contribution >= 0.6 is 0 Å². The molecule has 0 aliphatic heterocycles. The van der Waals surface area contributed by atoms with Gasteiger partial charge in [0.05, 0.1) is 11.7 Å². The average Bonchev–Trinajstić information content (AvgIpc) is 2.32. The number of guanidine groups is 1. The predicted molar refractivity (Wildman–Crippen MR) is 69.9 cm³/mol. The molecule has 0 bridgehead atoms. The van der Waals surface area contributed by atoms with Crippen molar-refractivity contribution in [1.29, 1.82) is 0 Å². The minimum atomic E-state index is -0.0581. The van der Waals surface area contributed by atoms with Gasteiger partial charge in [0.15, 0.2) is 0 Å². The maximum Gasteiger partial charge on any atom is 0.211 e. The second kappa shape index (κ2) is 4.61. The van der Waals surface area contributed by atoms with Gasteiger partial charge in [-0.3, -0.25) is 4.98 Å². The number of nitrogens with two attached hydrogens (primary N) is 2. The normalized spacial score (nSPS) is 10.9. The van der Waals surface area contributed by atoms with Crippen molar-refractivity contribution in [2.45, 2.75) is 6.92 Å². The summed E-state index contributed by atoms with van der Waals surface area (Å²) in [5, 5.41) is 8.46. The summed E-state index contributed by atoms with van der Waals surface area (Å²) in [5.74, 6) is -0.0581. The third-order valence-electron chi connectivity index (χ3n) is 2.40. The third kappa shape index (κ3) is 2.39. The van der Waals surface area contributed by atoms with E-state index in [9.17, 15) is 0 Å². The van der Waals surface area contributed by atoms with Crippen LogP contribution in [0.4, 0.5) is 0 Å². The lowest BCUT2D eigenvalue weighted by molar-refractivity contribution is 1.21. The number of hydrogen-bond acceptors (Lipinski definition) is 3. The molecular formula is C12H13N5.